The fourth-order valence-corrected chi connectivity index (χ4v) is 2.66. The van der Waals surface area contributed by atoms with E-state index >= 15 is 0 Å². The molecule has 2 rings (SSSR count). The number of benzene rings is 1. The van der Waals surface area contributed by atoms with Gasteiger partial charge in [0.25, 0.3) is 5.56 Å². The van der Waals surface area contributed by atoms with Gasteiger partial charge in [-0.1, -0.05) is 25.5 Å². The first-order chi connectivity index (χ1) is 12.0. The summed E-state index contributed by atoms with van der Waals surface area (Å²) in [5, 5.41) is 19.9. The minimum absolute atomic E-state index is 0.0273. The minimum atomic E-state index is -0.576. The van der Waals surface area contributed by atoms with Crippen LogP contribution in [0.25, 0.3) is 0 Å². The van der Waals surface area contributed by atoms with Gasteiger partial charge in [0.15, 0.2) is 5.78 Å². The molecule has 0 unspecified atom stereocenters. The van der Waals surface area contributed by atoms with E-state index in [4.69, 9.17) is 4.74 Å². The van der Waals surface area contributed by atoms with Crippen molar-refractivity contribution in [3.05, 3.63) is 56.9 Å². The number of pyridine rings is 1. The molecule has 0 fully saturated rings. The highest BCUT2D eigenvalue weighted by Gasteiger charge is 2.24. The molecule has 0 atom stereocenters. The number of hydrogen-bond acceptors (Lipinski definition) is 5. The number of aromatic nitrogens is 1. The maximum atomic E-state index is 12.9. The van der Waals surface area contributed by atoms with E-state index in [1.54, 1.807) is 24.3 Å². The topological polar surface area (TPSA) is 92.3 Å². The van der Waals surface area contributed by atoms with Crippen LogP contribution in [0.1, 0.15) is 46.8 Å². The molecular weight excluding hydrogens is 320 g/mol. The Morgan fingerprint density at radius 3 is 2.72 bits per heavy atom. The van der Waals surface area contributed by atoms with Crippen LogP contribution < -0.4 is 10.3 Å². The summed E-state index contributed by atoms with van der Waals surface area (Å²) in [6.45, 7) is 3.69. The molecule has 0 aliphatic rings. The molecule has 130 valence electrons. The van der Waals surface area contributed by atoms with Gasteiger partial charge in [0.1, 0.15) is 17.4 Å². The Kier molecular flexibility index (Phi) is 5.60. The van der Waals surface area contributed by atoms with Crippen LogP contribution in [0.15, 0.2) is 29.1 Å². The van der Waals surface area contributed by atoms with Crippen molar-refractivity contribution in [1.82, 2.24) is 4.57 Å². The van der Waals surface area contributed by atoms with Crippen molar-refractivity contribution >= 4 is 5.78 Å². The third kappa shape index (κ3) is 3.41. The Bertz CT molecular complexity index is 907. The minimum Gasteiger partial charge on any atom is -0.497 e. The van der Waals surface area contributed by atoms with Crippen LogP contribution >= 0.6 is 0 Å². The molecule has 1 heterocycles. The molecule has 2 aromatic rings. The van der Waals surface area contributed by atoms with Gasteiger partial charge in [-0.3, -0.25) is 14.2 Å². The quantitative estimate of drug-likeness (QED) is 0.816. The lowest BCUT2D eigenvalue weighted by molar-refractivity contribution is 0.103. The van der Waals surface area contributed by atoms with Crippen molar-refractivity contribution in [3.63, 3.8) is 0 Å². The zero-order valence-corrected chi connectivity index (χ0v) is 14.5. The summed E-state index contributed by atoms with van der Waals surface area (Å²) in [7, 11) is 1.49. The smallest absolute Gasteiger partial charge is 0.271 e. The number of carbonyl (C=O) groups is 1. The highest BCUT2D eigenvalue weighted by atomic mass is 16.5. The summed E-state index contributed by atoms with van der Waals surface area (Å²) in [5.74, 6) is -0.360. The number of carbonyl (C=O) groups excluding carboxylic acids is 1. The number of ketones is 1. The van der Waals surface area contributed by atoms with Gasteiger partial charge in [-0.05, 0) is 31.0 Å². The largest absolute Gasteiger partial charge is 0.497 e. The first-order valence-electron chi connectivity index (χ1n) is 8.01. The van der Waals surface area contributed by atoms with Gasteiger partial charge in [-0.25, -0.2) is 0 Å². The predicted octanol–water partition coefficient (Wildman–Crippen LogP) is 2.77. The number of hydrogen-bond donors (Lipinski definition) is 1. The van der Waals surface area contributed by atoms with Gasteiger partial charge >= 0.3 is 0 Å². The first-order valence-corrected chi connectivity index (χ1v) is 8.01. The van der Waals surface area contributed by atoms with Crippen LogP contribution in [0, 0.1) is 18.3 Å². The van der Waals surface area contributed by atoms with E-state index in [1.807, 2.05) is 13.0 Å². The lowest BCUT2D eigenvalue weighted by Crippen LogP contribution is -2.26. The van der Waals surface area contributed by atoms with Crippen molar-refractivity contribution in [1.29, 1.82) is 5.26 Å². The van der Waals surface area contributed by atoms with Gasteiger partial charge in [0.05, 0.1) is 12.7 Å². The summed E-state index contributed by atoms with van der Waals surface area (Å²) in [5.41, 5.74) is -0.235. The summed E-state index contributed by atoms with van der Waals surface area (Å²) in [6, 6.07) is 8.36. The van der Waals surface area contributed by atoms with Gasteiger partial charge in [-0.2, -0.15) is 5.26 Å². The molecule has 6 heteroatoms. The predicted molar refractivity (Wildman–Crippen MR) is 93.2 cm³/mol. The highest BCUT2D eigenvalue weighted by Crippen LogP contribution is 2.26. The van der Waals surface area contributed by atoms with Crippen LogP contribution in [0.2, 0.25) is 0 Å². The van der Waals surface area contributed by atoms with E-state index in [0.717, 1.165) is 11.0 Å². The Hall–Kier alpha value is -3.07. The summed E-state index contributed by atoms with van der Waals surface area (Å²) >= 11 is 0. The Labute approximate surface area is 145 Å². The van der Waals surface area contributed by atoms with Crippen molar-refractivity contribution in [2.24, 2.45) is 0 Å². The van der Waals surface area contributed by atoms with Gasteiger partial charge < -0.3 is 9.84 Å². The zero-order chi connectivity index (χ0) is 18.6. The summed E-state index contributed by atoms with van der Waals surface area (Å²) in [4.78, 5) is 25.3. The second kappa shape index (κ2) is 7.67. The van der Waals surface area contributed by atoms with Crippen LogP contribution in [0.4, 0.5) is 0 Å². The number of ether oxygens (including phenoxy) is 1. The van der Waals surface area contributed by atoms with E-state index in [2.05, 4.69) is 0 Å². The average molecular weight is 340 g/mol. The van der Waals surface area contributed by atoms with Crippen LogP contribution in [-0.2, 0) is 6.54 Å². The number of nitrogens with zero attached hydrogens (tertiary/aromatic N) is 2. The van der Waals surface area contributed by atoms with Gasteiger partial charge in [0, 0.05) is 12.1 Å². The molecule has 0 amide bonds. The molecule has 1 aromatic carbocycles. The average Bonchev–Trinajstić information content (AvgIpc) is 2.62. The van der Waals surface area contributed by atoms with Gasteiger partial charge in [-0.15, -0.1) is 0 Å². The van der Waals surface area contributed by atoms with Crippen molar-refractivity contribution in [2.45, 2.75) is 33.2 Å². The number of nitriles is 1. The molecule has 0 saturated heterocycles. The Balaban J connectivity index is 2.69. The van der Waals surface area contributed by atoms with Gasteiger partial charge in [0.2, 0.25) is 5.88 Å². The molecule has 1 N–H and O–H groups in total. The van der Waals surface area contributed by atoms with E-state index < -0.39 is 17.2 Å². The van der Waals surface area contributed by atoms with Crippen LogP contribution in [-0.4, -0.2) is 22.6 Å². The second-order valence-corrected chi connectivity index (χ2v) is 5.68. The molecule has 0 aliphatic heterocycles. The molecule has 0 saturated carbocycles. The standard InChI is InChI=1S/C19H20N2O4/c1-4-5-9-21-18(23)15(11-20)12(2)16(19(21)24)17(22)13-7-6-8-14(10-13)25-3/h6-8,10,24H,4-5,9H2,1-3H3. The molecule has 6 nitrogen and oxygen atoms in total. The van der Waals surface area contributed by atoms with E-state index in [1.165, 1.54) is 14.0 Å². The molecule has 0 aliphatic carbocycles. The van der Waals surface area contributed by atoms with Crippen molar-refractivity contribution in [3.8, 4) is 17.7 Å². The van der Waals surface area contributed by atoms with Crippen LogP contribution in [0.5, 0.6) is 11.6 Å². The summed E-state index contributed by atoms with van der Waals surface area (Å²) in [6.07, 6.45) is 1.45. The first kappa shape index (κ1) is 18.3. The number of aromatic hydroxyl groups is 1. The second-order valence-electron chi connectivity index (χ2n) is 5.68. The maximum absolute atomic E-state index is 12.9. The van der Waals surface area contributed by atoms with Crippen molar-refractivity contribution in [2.75, 3.05) is 7.11 Å². The molecule has 25 heavy (non-hydrogen) atoms. The molecule has 0 spiro atoms. The van der Waals surface area contributed by atoms with Crippen LogP contribution in [0.3, 0.4) is 0 Å². The number of rotatable bonds is 6. The van der Waals surface area contributed by atoms with Crippen molar-refractivity contribution < 1.29 is 14.6 Å². The third-order valence-corrected chi connectivity index (χ3v) is 4.09. The third-order valence-electron chi connectivity index (χ3n) is 4.09. The fourth-order valence-electron chi connectivity index (χ4n) is 2.66. The fraction of sp³-hybridized carbons (Fsp3) is 0.316. The molecular formula is C19H20N2O4. The molecule has 0 radical (unpaired) electrons. The van der Waals surface area contributed by atoms with E-state index in [0.29, 0.717) is 17.7 Å². The monoisotopic (exact) mass is 340 g/mol. The normalized spacial score (nSPS) is 10.3. The lowest BCUT2D eigenvalue weighted by atomic mass is 9.97. The number of unbranched alkanes of at least 4 members (excludes halogenated alkanes) is 1. The maximum Gasteiger partial charge on any atom is 0.271 e. The number of methoxy groups -OCH3 is 1. The Morgan fingerprint density at radius 2 is 2.12 bits per heavy atom. The molecule has 0 bridgehead atoms. The summed E-state index contributed by atoms with van der Waals surface area (Å²) < 4.78 is 6.22. The molecule has 1 aromatic heterocycles. The van der Waals surface area contributed by atoms with E-state index in [-0.39, 0.29) is 23.2 Å². The zero-order valence-electron chi connectivity index (χ0n) is 14.5. The highest BCUT2D eigenvalue weighted by molar-refractivity contribution is 6.11. The SMILES string of the molecule is CCCCn1c(O)c(C(=O)c2cccc(OC)c2)c(C)c(C#N)c1=O. The lowest BCUT2D eigenvalue weighted by Gasteiger charge is -2.15. The van der Waals surface area contributed by atoms with E-state index in [9.17, 15) is 20.0 Å². The Morgan fingerprint density at radius 1 is 1.40 bits per heavy atom.